The van der Waals surface area contributed by atoms with Crippen LogP contribution in [-0.4, -0.2) is 0 Å². The number of nitrogens with zero attached hydrogens (tertiary/aromatic N) is 2. The average molecular weight is 185 g/mol. The molecule has 0 fully saturated rings. The Bertz CT molecular complexity index is 300. The van der Waals surface area contributed by atoms with Crippen LogP contribution in [0.3, 0.4) is 0 Å². The zero-order chi connectivity index (χ0) is 7.68. The summed E-state index contributed by atoms with van der Waals surface area (Å²) in [6, 6.07) is 7.89. The van der Waals surface area contributed by atoms with Crippen molar-refractivity contribution in [1.29, 1.82) is 0 Å². The van der Waals surface area contributed by atoms with Crippen molar-refractivity contribution in [3.8, 4) is 0 Å². The Kier molecular flexibility index (Phi) is 1.84. The zero-order valence-corrected chi connectivity index (χ0v) is 7.14. The lowest BCUT2D eigenvalue weighted by atomic mass is 10.2. The van der Waals surface area contributed by atoms with E-state index in [0.29, 0.717) is 0 Å². The Labute approximate surface area is 73.8 Å². The van der Waals surface area contributed by atoms with Crippen molar-refractivity contribution < 1.29 is 0 Å². The number of benzene rings is 1. The molecule has 0 aromatic heterocycles. The topological polar surface area (TPSA) is 24.7 Å². The highest BCUT2D eigenvalue weighted by molar-refractivity contribution is 7.98. The Morgan fingerprint density at radius 2 is 2.18 bits per heavy atom. The van der Waals surface area contributed by atoms with E-state index in [2.05, 4.69) is 9.63 Å². The molecule has 0 aliphatic carbocycles. The molecule has 1 atom stereocenters. The summed E-state index contributed by atoms with van der Waals surface area (Å²) in [6.07, 6.45) is 0. The largest absolute Gasteiger partial charge is 0.171 e. The Morgan fingerprint density at radius 1 is 1.36 bits per heavy atom. The van der Waals surface area contributed by atoms with Crippen LogP contribution in [0.25, 0.3) is 0 Å². The van der Waals surface area contributed by atoms with Crippen molar-refractivity contribution >= 4 is 23.5 Å². The summed E-state index contributed by atoms with van der Waals surface area (Å²) in [5.74, 6) is 0. The lowest BCUT2D eigenvalue weighted by molar-refractivity contribution is 0.902. The first-order valence-electron chi connectivity index (χ1n) is 3.18. The van der Waals surface area contributed by atoms with Crippen molar-refractivity contribution in [3.05, 3.63) is 29.8 Å². The molecule has 4 heteroatoms. The second-order valence-electron chi connectivity index (χ2n) is 2.16. The van der Waals surface area contributed by atoms with E-state index in [9.17, 15) is 0 Å². The standard InChI is InChI=1S/C7H5ClN2S/c8-7-5-3-1-2-4-6(5)11-10-9-7/h1-4,7H. The van der Waals surface area contributed by atoms with Gasteiger partial charge in [-0.2, -0.15) is 5.11 Å². The third-order valence-corrected chi connectivity index (χ3v) is 2.53. The van der Waals surface area contributed by atoms with Gasteiger partial charge in [-0.15, -0.1) is 4.52 Å². The molecule has 0 saturated heterocycles. The van der Waals surface area contributed by atoms with Crippen LogP contribution < -0.4 is 0 Å². The van der Waals surface area contributed by atoms with Gasteiger partial charge in [-0.1, -0.05) is 29.8 Å². The molecular weight excluding hydrogens is 180 g/mol. The summed E-state index contributed by atoms with van der Waals surface area (Å²) in [5.41, 5.74) is 0.751. The molecular formula is C7H5ClN2S. The second-order valence-corrected chi connectivity index (χ2v) is 3.36. The molecule has 1 aromatic rings. The van der Waals surface area contributed by atoms with Crippen LogP contribution in [0, 0.1) is 0 Å². The van der Waals surface area contributed by atoms with Crippen molar-refractivity contribution in [3.63, 3.8) is 0 Å². The molecule has 1 heterocycles. The monoisotopic (exact) mass is 184 g/mol. The predicted molar refractivity (Wildman–Crippen MR) is 45.7 cm³/mol. The first kappa shape index (κ1) is 7.13. The Balaban J connectivity index is 2.50. The van der Waals surface area contributed by atoms with Gasteiger partial charge in [0.2, 0.25) is 0 Å². The van der Waals surface area contributed by atoms with Crippen LogP contribution in [0.1, 0.15) is 11.1 Å². The van der Waals surface area contributed by atoms with E-state index in [1.165, 1.54) is 11.9 Å². The zero-order valence-electron chi connectivity index (χ0n) is 5.57. The van der Waals surface area contributed by atoms with Crippen LogP contribution in [-0.2, 0) is 0 Å². The number of alkyl halides is 1. The minimum atomic E-state index is -0.299. The molecule has 1 aliphatic heterocycles. The van der Waals surface area contributed by atoms with Crippen LogP contribution in [0.4, 0.5) is 0 Å². The fourth-order valence-electron chi connectivity index (χ4n) is 0.932. The van der Waals surface area contributed by atoms with Crippen LogP contribution in [0.15, 0.2) is 38.8 Å². The summed E-state index contributed by atoms with van der Waals surface area (Å²) in [7, 11) is 0. The predicted octanol–water partition coefficient (Wildman–Crippen LogP) is 3.40. The molecule has 2 rings (SSSR count). The van der Waals surface area contributed by atoms with Crippen molar-refractivity contribution in [2.75, 3.05) is 0 Å². The lowest BCUT2D eigenvalue weighted by Crippen LogP contribution is -1.91. The summed E-state index contributed by atoms with van der Waals surface area (Å²) >= 11 is 7.24. The third kappa shape index (κ3) is 1.26. The van der Waals surface area contributed by atoms with Gasteiger partial charge in [-0.25, -0.2) is 0 Å². The van der Waals surface area contributed by atoms with Crippen molar-refractivity contribution in [1.82, 2.24) is 0 Å². The number of hydrogen-bond acceptors (Lipinski definition) is 3. The Hall–Kier alpha value is -0.540. The molecule has 56 valence electrons. The third-order valence-electron chi connectivity index (χ3n) is 1.46. The summed E-state index contributed by atoms with van der Waals surface area (Å²) < 4.78 is 3.81. The van der Waals surface area contributed by atoms with Gasteiger partial charge in [0.1, 0.15) is 0 Å². The van der Waals surface area contributed by atoms with Gasteiger partial charge in [-0.05, 0) is 6.07 Å². The first-order valence-corrected chi connectivity index (χ1v) is 4.39. The minimum absolute atomic E-state index is 0.299. The molecule has 1 aliphatic rings. The maximum absolute atomic E-state index is 5.87. The van der Waals surface area contributed by atoms with E-state index in [1.807, 2.05) is 24.3 Å². The Morgan fingerprint density at radius 3 is 3.00 bits per heavy atom. The van der Waals surface area contributed by atoms with Crippen LogP contribution in [0.5, 0.6) is 0 Å². The highest BCUT2D eigenvalue weighted by Gasteiger charge is 2.14. The number of fused-ring (bicyclic) bond motifs is 1. The SMILES string of the molecule is ClC1N=NSc2ccccc21. The van der Waals surface area contributed by atoms with Crippen LogP contribution in [0.2, 0.25) is 0 Å². The number of rotatable bonds is 0. The molecule has 11 heavy (non-hydrogen) atoms. The van der Waals surface area contributed by atoms with E-state index in [1.54, 1.807) is 0 Å². The van der Waals surface area contributed by atoms with Crippen molar-refractivity contribution in [2.45, 2.75) is 10.4 Å². The molecule has 0 radical (unpaired) electrons. The fourth-order valence-corrected chi connectivity index (χ4v) is 1.94. The van der Waals surface area contributed by atoms with E-state index in [-0.39, 0.29) is 5.50 Å². The second kappa shape index (κ2) is 2.83. The number of halogens is 1. The summed E-state index contributed by atoms with van der Waals surface area (Å²) in [5, 5.41) is 3.82. The molecule has 0 bridgehead atoms. The maximum Gasteiger partial charge on any atom is 0.171 e. The highest BCUT2D eigenvalue weighted by Crippen LogP contribution is 2.37. The molecule has 0 spiro atoms. The molecule has 1 aromatic carbocycles. The quantitative estimate of drug-likeness (QED) is 0.345. The van der Waals surface area contributed by atoms with Gasteiger partial charge in [-0.3, -0.25) is 0 Å². The molecule has 2 nitrogen and oxygen atoms in total. The first-order chi connectivity index (χ1) is 5.38. The van der Waals surface area contributed by atoms with E-state index in [4.69, 9.17) is 11.6 Å². The van der Waals surface area contributed by atoms with Gasteiger partial charge in [0, 0.05) is 22.4 Å². The summed E-state index contributed by atoms with van der Waals surface area (Å²) in [6.45, 7) is 0. The van der Waals surface area contributed by atoms with Gasteiger partial charge >= 0.3 is 0 Å². The van der Waals surface area contributed by atoms with E-state index >= 15 is 0 Å². The van der Waals surface area contributed by atoms with Crippen molar-refractivity contribution in [2.24, 2.45) is 9.63 Å². The smallest absolute Gasteiger partial charge is 0.157 e. The molecule has 1 unspecified atom stereocenters. The number of hydrogen-bond donors (Lipinski definition) is 0. The molecule has 0 amide bonds. The van der Waals surface area contributed by atoms with Gasteiger partial charge in [0.05, 0.1) is 0 Å². The van der Waals surface area contributed by atoms with Gasteiger partial charge in [0.25, 0.3) is 0 Å². The molecule has 0 N–H and O–H groups in total. The lowest BCUT2D eigenvalue weighted by Gasteiger charge is -2.11. The summed E-state index contributed by atoms with van der Waals surface area (Å²) in [4.78, 5) is 1.10. The van der Waals surface area contributed by atoms with Crippen LogP contribution >= 0.6 is 23.5 Å². The van der Waals surface area contributed by atoms with E-state index < -0.39 is 0 Å². The minimum Gasteiger partial charge on any atom is -0.157 e. The van der Waals surface area contributed by atoms with Gasteiger partial charge < -0.3 is 0 Å². The molecule has 0 saturated carbocycles. The average Bonchev–Trinajstić information content (AvgIpc) is 2.06. The normalized spacial score (nSPS) is 21.4. The van der Waals surface area contributed by atoms with E-state index in [0.717, 1.165) is 10.5 Å². The highest BCUT2D eigenvalue weighted by atomic mass is 35.5. The van der Waals surface area contributed by atoms with Gasteiger partial charge in [0.15, 0.2) is 5.50 Å². The fraction of sp³-hybridized carbons (Fsp3) is 0.143. The maximum atomic E-state index is 5.87.